The van der Waals surface area contributed by atoms with Gasteiger partial charge in [-0.1, -0.05) is 11.3 Å². The molecule has 3 rings (SSSR count). The summed E-state index contributed by atoms with van der Waals surface area (Å²) in [6, 6.07) is 6.03. The Morgan fingerprint density at radius 1 is 1.35 bits per heavy atom. The van der Waals surface area contributed by atoms with Crippen molar-refractivity contribution < 1.29 is 4.79 Å². The van der Waals surface area contributed by atoms with Crippen LogP contribution in [0.15, 0.2) is 41.7 Å². The lowest BCUT2D eigenvalue weighted by Crippen LogP contribution is -2.13. The smallest absolute Gasteiger partial charge is 0.277 e. The third kappa shape index (κ3) is 2.63. The first-order valence-corrected chi connectivity index (χ1v) is 7.82. The van der Waals surface area contributed by atoms with Gasteiger partial charge in [-0.3, -0.25) is 15.1 Å². The molecule has 2 heterocycles. The number of carbonyl (C=O) groups excluding carboxylic acids is 1. The molecule has 2 aromatic heterocycles. The molecule has 0 aliphatic rings. The second-order valence-corrected chi connectivity index (χ2v) is 5.81. The molecule has 0 unspecified atom stereocenters. The number of thiazole rings is 1. The maximum atomic E-state index is 12.0. The molecule has 20 heavy (non-hydrogen) atoms. The second-order valence-electron chi connectivity index (χ2n) is 3.90. The predicted molar refractivity (Wildman–Crippen MR) is 81.4 cm³/mol. The molecule has 3 aromatic rings. The molecule has 0 aliphatic heterocycles. The molecular weight excluding hydrogens is 292 g/mol. The van der Waals surface area contributed by atoms with Gasteiger partial charge in [0.15, 0.2) is 5.13 Å². The van der Waals surface area contributed by atoms with E-state index >= 15 is 0 Å². The molecule has 1 aromatic carbocycles. The van der Waals surface area contributed by atoms with Gasteiger partial charge in [0.2, 0.25) is 0 Å². The Labute approximate surface area is 123 Å². The number of benzene rings is 1. The van der Waals surface area contributed by atoms with E-state index in [1.54, 1.807) is 11.8 Å². The lowest BCUT2D eigenvalue weighted by molar-refractivity contribution is 0.102. The van der Waals surface area contributed by atoms with Crippen molar-refractivity contribution in [3.8, 4) is 0 Å². The number of thioether (sulfide) groups is 1. The summed E-state index contributed by atoms with van der Waals surface area (Å²) in [6.07, 6.45) is 6.46. The zero-order valence-corrected chi connectivity index (χ0v) is 12.2. The van der Waals surface area contributed by atoms with E-state index in [0.717, 1.165) is 10.2 Å². The summed E-state index contributed by atoms with van der Waals surface area (Å²) in [7, 11) is 0. The fourth-order valence-corrected chi connectivity index (χ4v) is 3.08. The summed E-state index contributed by atoms with van der Waals surface area (Å²) in [5, 5.41) is 3.31. The standard InChI is InChI=1S/C13H10N4OS2/c1-19-8-2-3-9-11(6-8)20-13(16-9)17-12(18)10-7-14-4-5-15-10/h2-7H,1H3,(H,16,17,18). The normalized spacial score (nSPS) is 10.7. The van der Waals surface area contributed by atoms with Gasteiger partial charge < -0.3 is 0 Å². The molecule has 0 aliphatic carbocycles. The molecule has 0 bridgehead atoms. The number of carbonyl (C=O) groups is 1. The van der Waals surface area contributed by atoms with Crippen molar-refractivity contribution in [2.24, 2.45) is 0 Å². The van der Waals surface area contributed by atoms with E-state index in [1.165, 1.54) is 34.8 Å². The summed E-state index contributed by atoms with van der Waals surface area (Å²) in [4.78, 5) is 25.3. The fraction of sp³-hybridized carbons (Fsp3) is 0.0769. The first-order valence-electron chi connectivity index (χ1n) is 5.78. The van der Waals surface area contributed by atoms with Crippen molar-refractivity contribution in [2.45, 2.75) is 4.90 Å². The summed E-state index contributed by atoms with van der Waals surface area (Å²) in [6.45, 7) is 0. The monoisotopic (exact) mass is 302 g/mol. The Balaban J connectivity index is 1.86. The Kier molecular flexibility index (Phi) is 3.62. The Morgan fingerprint density at radius 2 is 2.25 bits per heavy atom. The van der Waals surface area contributed by atoms with Crippen LogP contribution >= 0.6 is 23.1 Å². The van der Waals surface area contributed by atoms with Crippen molar-refractivity contribution >= 4 is 44.4 Å². The zero-order valence-electron chi connectivity index (χ0n) is 10.5. The van der Waals surface area contributed by atoms with Crippen LogP contribution < -0.4 is 5.32 Å². The van der Waals surface area contributed by atoms with Crippen LogP contribution in [-0.4, -0.2) is 27.1 Å². The quantitative estimate of drug-likeness (QED) is 0.753. The number of nitrogens with one attached hydrogen (secondary N) is 1. The van der Waals surface area contributed by atoms with Crippen LogP contribution in [0.1, 0.15) is 10.5 Å². The number of amides is 1. The summed E-state index contributed by atoms with van der Waals surface area (Å²) in [5.41, 5.74) is 1.15. The van der Waals surface area contributed by atoms with Crippen molar-refractivity contribution in [1.82, 2.24) is 15.0 Å². The van der Waals surface area contributed by atoms with Gasteiger partial charge in [0.05, 0.1) is 16.4 Å². The first-order chi connectivity index (χ1) is 9.76. The van der Waals surface area contributed by atoms with Gasteiger partial charge in [0.25, 0.3) is 5.91 Å². The highest BCUT2D eigenvalue weighted by molar-refractivity contribution is 7.98. The SMILES string of the molecule is CSc1ccc2nc(NC(=O)c3cnccn3)sc2c1. The van der Waals surface area contributed by atoms with E-state index in [1.807, 2.05) is 18.4 Å². The van der Waals surface area contributed by atoms with Crippen molar-refractivity contribution in [3.63, 3.8) is 0 Å². The summed E-state index contributed by atoms with van der Waals surface area (Å²) >= 11 is 3.12. The van der Waals surface area contributed by atoms with Crippen LogP contribution in [0.4, 0.5) is 5.13 Å². The van der Waals surface area contributed by atoms with Gasteiger partial charge in [-0.15, -0.1) is 11.8 Å². The predicted octanol–water partition coefficient (Wildman–Crippen LogP) is 3.06. The third-order valence-corrected chi connectivity index (χ3v) is 4.27. The number of anilines is 1. The number of aromatic nitrogens is 3. The Bertz CT molecular complexity index is 757. The molecule has 100 valence electrons. The number of rotatable bonds is 3. The van der Waals surface area contributed by atoms with Crippen LogP contribution in [0, 0.1) is 0 Å². The minimum Gasteiger partial charge on any atom is -0.296 e. The molecule has 7 heteroatoms. The highest BCUT2D eigenvalue weighted by Crippen LogP contribution is 2.29. The highest BCUT2D eigenvalue weighted by atomic mass is 32.2. The maximum Gasteiger partial charge on any atom is 0.277 e. The molecule has 0 saturated heterocycles. The van der Waals surface area contributed by atoms with Gasteiger partial charge in [-0.25, -0.2) is 9.97 Å². The average Bonchev–Trinajstić information content (AvgIpc) is 2.89. The molecule has 1 N–H and O–H groups in total. The largest absolute Gasteiger partial charge is 0.296 e. The van der Waals surface area contributed by atoms with Gasteiger partial charge >= 0.3 is 0 Å². The van der Waals surface area contributed by atoms with Crippen molar-refractivity contribution in [2.75, 3.05) is 11.6 Å². The average molecular weight is 302 g/mol. The van der Waals surface area contributed by atoms with E-state index in [-0.39, 0.29) is 11.6 Å². The van der Waals surface area contributed by atoms with Crippen LogP contribution in [0.5, 0.6) is 0 Å². The van der Waals surface area contributed by atoms with Crippen molar-refractivity contribution in [1.29, 1.82) is 0 Å². The minimum absolute atomic E-state index is 0.275. The summed E-state index contributed by atoms with van der Waals surface area (Å²) < 4.78 is 1.05. The highest BCUT2D eigenvalue weighted by Gasteiger charge is 2.11. The third-order valence-electron chi connectivity index (χ3n) is 2.61. The molecule has 0 spiro atoms. The van der Waals surface area contributed by atoms with Crippen molar-refractivity contribution in [3.05, 3.63) is 42.5 Å². The number of hydrogen-bond acceptors (Lipinski definition) is 6. The molecule has 0 saturated carbocycles. The van der Waals surface area contributed by atoms with Crippen LogP contribution in [0.2, 0.25) is 0 Å². The maximum absolute atomic E-state index is 12.0. The van der Waals surface area contributed by atoms with E-state index in [0.29, 0.717) is 5.13 Å². The van der Waals surface area contributed by atoms with Crippen LogP contribution in [0.25, 0.3) is 10.2 Å². The topological polar surface area (TPSA) is 67.8 Å². The van der Waals surface area contributed by atoms with Gasteiger partial charge in [0.1, 0.15) is 5.69 Å². The minimum atomic E-state index is -0.303. The first kappa shape index (κ1) is 13.0. The lowest BCUT2D eigenvalue weighted by atomic mass is 10.3. The fourth-order valence-electron chi connectivity index (χ4n) is 1.66. The van der Waals surface area contributed by atoms with E-state index in [4.69, 9.17) is 0 Å². The Morgan fingerprint density at radius 3 is 3.00 bits per heavy atom. The van der Waals surface area contributed by atoms with Crippen LogP contribution in [-0.2, 0) is 0 Å². The zero-order chi connectivity index (χ0) is 13.9. The van der Waals surface area contributed by atoms with Gasteiger partial charge in [0, 0.05) is 17.3 Å². The van der Waals surface area contributed by atoms with Crippen LogP contribution in [0.3, 0.4) is 0 Å². The van der Waals surface area contributed by atoms with E-state index in [2.05, 4.69) is 26.3 Å². The molecule has 5 nitrogen and oxygen atoms in total. The van der Waals surface area contributed by atoms with E-state index in [9.17, 15) is 4.79 Å². The molecule has 0 fully saturated rings. The molecule has 1 amide bonds. The van der Waals surface area contributed by atoms with E-state index < -0.39 is 0 Å². The van der Waals surface area contributed by atoms with Gasteiger partial charge in [-0.05, 0) is 24.5 Å². The number of fused-ring (bicyclic) bond motifs is 1. The lowest BCUT2D eigenvalue weighted by Gasteiger charge is -1.98. The molecule has 0 radical (unpaired) electrons. The molecular formula is C13H10N4OS2. The second kappa shape index (κ2) is 5.56. The Hall–Kier alpha value is -1.99. The summed E-state index contributed by atoms with van der Waals surface area (Å²) in [5.74, 6) is -0.303. The molecule has 0 atom stereocenters. The van der Waals surface area contributed by atoms with Gasteiger partial charge in [-0.2, -0.15) is 0 Å². The number of hydrogen-bond donors (Lipinski definition) is 1. The number of nitrogens with zero attached hydrogens (tertiary/aromatic N) is 3.